The zero-order valence-corrected chi connectivity index (χ0v) is 14.4. The molecule has 3 heterocycles. The summed E-state index contributed by atoms with van der Waals surface area (Å²) >= 11 is 0. The predicted molar refractivity (Wildman–Crippen MR) is 90.5 cm³/mol. The molecule has 23 heavy (non-hydrogen) atoms. The van der Waals surface area contributed by atoms with Crippen molar-refractivity contribution in [1.82, 2.24) is 15.1 Å². The number of amides is 1. The summed E-state index contributed by atoms with van der Waals surface area (Å²) in [5.41, 5.74) is 1.18. The van der Waals surface area contributed by atoms with E-state index in [1.807, 2.05) is 6.07 Å². The van der Waals surface area contributed by atoms with Gasteiger partial charge in [0.05, 0.1) is 0 Å². The maximum atomic E-state index is 12.4. The molecule has 1 aromatic rings. The van der Waals surface area contributed by atoms with Crippen LogP contribution < -0.4 is 5.32 Å². The van der Waals surface area contributed by atoms with E-state index in [0.717, 1.165) is 57.9 Å². The summed E-state index contributed by atoms with van der Waals surface area (Å²) in [6.45, 7) is 8.25. The Morgan fingerprint density at radius 3 is 2.78 bits per heavy atom. The van der Waals surface area contributed by atoms with Crippen LogP contribution in [0.5, 0.6) is 0 Å². The Labute approximate surface area is 139 Å². The molecule has 0 aliphatic carbocycles. The molecule has 2 aliphatic rings. The highest BCUT2D eigenvalue weighted by atomic mass is 16.4. The molecule has 1 N–H and O–H groups in total. The largest absolute Gasteiger partial charge is 0.456 e. The summed E-state index contributed by atoms with van der Waals surface area (Å²) in [5, 5.41) is 3.05. The number of carbonyl (C=O) groups excluding carboxylic acids is 1. The van der Waals surface area contributed by atoms with Crippen LogP contribution in [-0.2, 0) is 13.0 Å². The Hall–Kier alpha value is -1.33. The molecule has 1 amide bonds. The first-order valence-corrected chi connectivity index (χ1v) is 8.96. The fourth-order valence-corrected chi connectivity index (χ4v) is 3.71. The highest BCUT2D eigenvalue weighted by Crippen LogP contribution is 2.21. The fourth-order valence-electron chi connectivity index (χ4n) is 3.71. The van der Waals surface area contributed by atoms with Crippen molar-refractivity contribution in [2.75, 3.05) is 39.8 Å². The van der Waals surface area contributed by atoms with Gasteiger partial charge in [0.1, 0.15) is 5.76 Å². The van der Waals surface area contributed by atoms with Crippen molar-refractivity contribution < 1.29 is 9.21 Å². The molecular formula is C18H29N3O2. The van der Waals surface area contributed by atoms with Crippen LogP contribution >= 0.6 is 0 Å². The van der Waals surface area contributed by atoms with Crippen LogP contribution in [0, 0.1) is 5.92 Å². The van der Waals surface area contributed by atoms with Crippen molar-refractivity contribution in [3.63, 3.8) is 0 Å². The molecule has 0 bridgehead atoms. The molecule has 0 radical (unpaired) electrons. The standard InChI is InChI=1S/C18H29N3O2/c1-3-16-15(13-21-7-4-5-8-21)10-17(23-16)18(22)19-11-14-6-9-20(2)12-14/h10,14H,3-9,11-13H2,1-2H3,(H,19,22)/t14-/m0/s1. The van der Waals surface area contributed by atoms with Crippen molar-refractivity contribution in [2.45, 2.75) is 39.2 Å². The lowest BCUT2D eigenvalue weighted by molar-refractivity contribution is 0.0918. The molecule has 0 unspecified atom stereocenters. The van der Waals surface area contributed by atoms with Gasteiger partial charge in [0, 0.05) is 31.6 Å². The first-order valence-electron chi connectivity index (χ1n) is 8.96. The van der Waals surface area contributed by atoms with Crippen LogP contribution in [0.2, 0.25) is 0 Å². The average Bonchev–Trinajstić information content (AvgIpc) is 3.26. The Morgan fingerprint density at radius 2 is 2.13 bits per heavy atom. The molecular weight excluding hydrogens is 290 g/mol. The minimum Gasteiger partial charge on any atom is -0.456 e. The van der Waals surface area contributed by atoms with Gasteiger partial charge in [-0.2, -0.15) is 0 Å². The van der Waals surface area contributed by atoms with Crippen molar-refractivity contribution in [1.29, 1.82) is 0 Å². The predicted octanol–water partition coefficient (Wildman–Crippen LogP) is 2.12. The van der Waals surface area contributed by atoms with Crippen molar-refractivity contribution >= 4 is 5.91 Å². The van der Waals surface area contributed by atoms with Crippen LogP contribution in [0.1, 0.15) is 48.1 Å². The smallest absolute Gasteiger partial charge is 0.287 e. The zero-order valence-electron chi connectivity index (χ0n) is 14.4. The molecule has 5 nitrogen and oxygen atoms in total. The lowest BCUT2D eigenvalue weighted by Gasteiger charge is -2.13. The van der Waals surface area contributed by atoms with Gasteiger partial charge in [-0.3, -0.25) is 9.69 Å². The number of hydrogen-bond donors (Lipinski definition) is 1. The summed E-state index contributed by atoms with van der Waals surface area (Å²) in [6, 6.07) is 1.95. The summed E-state index contributed by atoms with van der Waals surface area (Å²) in [7, 11) is 2.13. The van der Waals surface area contributed by atoms with E-state index >= 15 is 0 Å². The van der Waals surface area contributed by atoms with Gasteiger partial charge in [-0.1, -0.05) is 6.92 Å². The SMILES string of the molecule is CCc1oc(C(=O)NC[C@@H]2CCN(C)C2)cc1CN1CCCC1. The number of rotatable bonds is 6. The lowest BCUT2D eigenvalue weighted by Crippen LogP contribution is -2.30. The second-order valence-corrected chi connectivity index (χ2v) is 7.02. The minimum absolute atomic E-state index is 0.0677. The number of carbonyl (C=O) groups is 1. The molecule has 3 rings (SSSR count). The Balaban J connectivity index is 1.57. The molecule has 2 aliphatic heterocycles. The molecule has 0 aromatic carbocycles. The highest BCUT2D eigenvalue weighted by Gasteiger charge is 2.22. The summed E-state index contributed by atoms with van der Waals surface area (Å²) in [6.07, 6.45) is 4.56. The van der Waals surface area contributed by atoms with E-state index < -0.39 is 0 Å². The molecule has 0 spiro atoms. The maximum absolute atomic E-state index is 12.4. The van der Waals surface area contributed by atoms with E-state index in [4.69, 9.17) is 4.42 Å². The third kappa shape index (κ3) is 4.15. The Bertz CT molecular complexity index is 534. The first kappa shape index (κ1) is 16.5. The second-order valence-electron chi connectivity index (χ2n) is 7.02. The van der Waals surface area contributed by atoms with Gasteiger partial charge in [0.15, 0.2) is 5.76 Å². The van der Waals surface area contributed by atoms with E-state index in [9.17, 15) is 4.79 Å². The van der Waals surface area contributed by atoms with Gasteiger partial charge in [-0.05, 0) is 57.9 Å². The lowest BCUT2D eigenvalue weighted by atomic mass is 10.1. The van der Waals surface area contributed by atoms with Crippen LogP contribution in [0.3, 0.4) is 0 Å². The van der Waals surface area contributed by atoms with Gasteiger partial charge in [0.25, 0.3) is 5.91 Å². The quantitative estimate of drug-likeness (QED) is 0.872. The Morgan fingerprint density at radius 1 is 1.35 bits per heavy atom. The number of hydrogen-bond acceptors (Lipinski definition) is 4. The van der Waals surface area contributed by atoms with Gasteiger partial charge in [-0.15, -0.1) is 0 Å². The Kier molecular flexibility index (Phi) is 5.38. The average molecular weight is 319 g/mol. The molecule has 5 heteroatoms. The van der Waals surface area contributed by atoms with E-state index in [1.165, 1.54) is 18.4 Å². The third-order valence-electron chi connectivity index (χ3n) is 5.07. The molecule has 1 aromatic heterocycles. The van der Waals surface area contributed by atoms with E-state index in [2.05, 4.69) is 29.1 Å². The molecule has 2 fully saturated rings. The number of likely N-dealkylation sites (tertiary alicyclic amines) is 2. The van der Waals surface area contributed by atoms with Gasteiger partial charge in [0.2, 0.25) is 0 Å². The molecule has 0 saturated carbocycles. The number of furan rings is 1. The summed E-state index contributed by atoms with van der Waals surface area (Å²) in [5.74, 6) is 1.93. The van der Waals surface area contributed by atoms with Crippen molar-refractivity contribution in [3.8, 4) is 0 Å². The van der Waals surface area contributed by atoms with Crippen molar-refractivity contribution in [3.05, 3.63) is 23.2 Å². The number of aryl methyl sites for hydroxylation is 1. The zero-order chi connectivity index (χ0) is 16.2. The summed E-state index contributed by atoms with van der Waals surface area (Å²) in [4.78, 5) is 17.1. The monoisotopic (exact) mass is 319 g/mol. The van der Waals surface area contributed by atoms with Crippen molar-refractivity contribution in [2.24, 2.45) is 5.92 Å². The minimum atomic E-state index is -0.0677. The fraction of sp³-hybridized carbons (Fsp3) is 0.722. The first-order chi connectivity index (χ1) is 11.2. The van der Waals surface area contributed by atoms with Crippen LogP contribution in [-0.4, -0.2) is 55.5 Å². The summed E-state index contributed by atoms with van der Waals surface area (Å²) < 4.78 is 5.82. The normalized spacial score (nSPS) is 22.8. The topological polar surface area (TPSA) is 48.7 Å². The van der Waals surface area contributed by atoms with Crippen LogP contribution in [0.15, 0.2) is 10.5 Å². The van der Waals surface area contributed by atoms with Gasteiger partial charge < -0.3 is 14.6 Å². The van der Waals surface area contributed by atoms with E-state index in [1.54, 1.807) is 0 Å². The molecule has 1 atom stereocenters. The highest BCUT2D eigenvalue weighted by molar-refractivity contribution is 5.91. The number of nitrogens with zero attached hydrogens (tertiary/aromatic N) is 2. The van der Waals surface area contributed by atoms with Crippen LogP contribution in [0.4, 0.5) is 0 Å². The maximum Gasteiger partial charge on any atom is 0.287 e. The third-order valence-corrected chi connectivity index (χ3v) is 5.07. The van der Waals surface area contributed by atoms with Gasteiger partial charge >= 0.3 is 0 Å². The van der Waals surface area contributed by atoms with Gasteiger partial charge in [-0.25, -0.2) is 0 Å². The van der Waals surface area contributed by atoms with E-state index in [-0.39, 0.29) is 5.91 Å². The number of nitrogens with one attached hydrogen (secondary N) is 1. The van der Waals surface area contributed by atoms with E-state index in [0.29, 0.717) is 11.7 Å². The molecule has 2 saturated heterocycles. The second kappa shape index (κ2) is 7.49. The van der Waals surface area contributed by atoms with Crippen LogP contribution in [0.25, 0.3) is 0 Å². The molecule has 128 valence electrons.